The Balaban J connectivity index is 2.11. The van der Waals surface area contributed by atoms with Gasteiger partial charge in [-0.3, -0.25) is 4.79 Å². The topological polar surface area (TPSA) is 76.7 Å². The first-order chi connectivity index (χ1) is 10.5. The van der Waals surface area contributed by atoms with Crippen molar-refractivity contribution in [1.82, 2.24) is 10.6 Å². The third kappa shape index (κ3) is 8.22. The van der Waals surface area contributed by atoms with Crippen LogP contribution in [0, 0.1) is 5.92 Å². The zero-order valence-corrected chi connectivity index (χ0v) is 14.0. The standard InChI is InChI=1S/C16H30N2O4/c1-4-17-16(20)18-13-5-7-14(8-6-13)22-15(19)9-10-21-11-12(2)3/h12-14H,4-11H2,1-3H3,(H2,17,18,20). The summed E-state index contributed by atoms with van der Waals surface area (Å²) in [4.78, 5) is 23.2. The van der Waals surface area contributed by atoms with E-state index in [1.54, 1.807) is 0 Å². The highest BCUT2D eigenvalue weighted by atomic mass is 16.5. The third-order valence-electron chi connectivity index (χ3n) is 3.55. The van der Waals surface area contributed by atoms with Crippen LogP contribution in [0.4, 0.5) is 4.79 Å². The molecule has 1 aliphatic carbocycles. The van der Waals surface area contributed by atoms with E-state index in [2.05, 4.69) is 24.5 Å². The molecule has 6 nitrogen and oxygen atoms in total. The van der Waals surface area contributed by atoms with E-state index in [1.807, 2.05) is 6.92 Å². The second-order valence-corrected chi connectivity index (χ2v) is 6.19. The first kappa shape index (κ1) is 18.7. The molecule has 1 rings (SSSR count). The van der Waals surface area contributed by atoms with Crippen LogP contribution in [0.1, 0.15) is 52.9 Å². The van der Waals surface area contributed by atoms with Crippen molar-refractivity contribution in [3.05, 3.63) is 0 Å². The fourth-order valence-corrected chi connectivity index (χ4v) is 2.44. The highest BCUT2D eigenvalue weighted by Crippen LogP contribution is 2.21. The Morgan fingerprint density at radius 3 is 2.45 bits per heavy atom. The molecular formula is C16H30N2O4. The lowest BCUT2D eigenvalue weighted by molar-refractivity contribution is -0.152. The maximum Gasteiger partial charge on any atom is 0.314 e. The molecule has 0 atom stereocenters. The fraction of sp³-hybridized carbons (Fsp3) is 0.875. The summed E-state index contributed by atoms with van der Waals surface area (Å²) >= 11 is 0. The first-order valence-corrected chi connectivity index (χ1v) is 8.32. The van der Waals surface area contributed by atoms with Gasteiger partial charge in [-0.15, -0.1) is 0 Å². The molecule has 2 amide bonds. The van der Waals surface area contributed by atoms with Crippen molar-refractivity contribution in [1.29, 1.82) is 0 Å². The average Bonchev–Trinajstić information content (AvgIpc) is 2.46. The second kappa shape index (κ2) is 10.4. The minimum atomic E-state index is -0.191. The van der Waals surface area contributed by atoms with Gasteiger partial charge in [0.25, 0.3) is 0 Å². The van der Waals surface area contributed by atoms with Crippen molar-refractivity contribution in [2.75, 3.05) is 19.8 Å². The van der Waals surface area contributed by atoms with E-state index in [4.69, 9.17) is 9.47 Å². The summed E-state index contributed by atoms with van der Waals surface area (Å²) in [6.45, 7) is 7.75. The van der Waals surface area contributed by atoms with Crippen LogP contribution < -0.4 is 10.6 Å². The molecule has 6 heteroatoms. The van der Waals surface area contributed by atoms with Crippen LogP contribution in [-0.2, 0) is 14.3 Å². The van der Waals surface area contributed by atoms with E-state index in [-0.39, 0.29) is 24.1 Å². The molecule has 1 saturated carbocycles. The largest absolute Gasteiger partial charge is 0.462 e. The van der Waals surface area contributed by atoms with E-state index in [0.717, 1.165) is 25.7 Å². The van der Waals surface area contributed by atoms with Gasteiger partial charge in [-0.2, -0.15) is 0 Å². The Labute approximate surface area is 133 Å². The number of carbonyl (C=O) groups excluding carboxylic acids is 2. The van der Waals surface area contributed by atoms with Crippen molar-refractivity contribution < 1.29 is 19.1 Å². The summed E-state index contributed by atoms with van der Waals surface area (Å²) in [5.74, 6) is 0.285. The normalized spacial score (nSPS) is 21.5. The van der Waals surface area contributed by atoms with Crippen LogP contribution in [0.3, 0.4) is 0 Å². The van der Waals surface area contributed by atoms with Crippen LogP contribution in [0.2, 0.25) is 0 Å². The number of urea groups is 1. The van der Waals surface area contributed by atoms with E-state index in [0.29, 0.717) is 32.1 Å². The van der Waals surface area contributed by atoms with Crippen molar-refractivity contribution in [2.24, 2.45) is 5.92 Å². The van der Waals surface area contributed by atoms with Crippen molar-refractivity contribution in [2.45, 2.75) is 65.0 Å². The monoisotopic (exact) mass is 314 g/mol. The Bertz CT molecular complexity index is 339. The second-order valence-electron chi connectivity index (χ2n) is 6.19. The molecular weight excluding hydrogens is 284 g/mol. The maximum absolute atomic E-state index is 11.7. The van der Waals surface area contributed by atoms with Gasteiger partial charge in [0.2, 0.25) is 0 Å². The molecule has 0 heterocycles. The van der Waals surface area contributed by atoms with Gasteiger partial charge in [0.05, 0.1) is 13.0 Å². The molecule has 1 fully saturated rings. The number of carbonyl (C=O) groups is 2. The predicted molar refractivity (Wildman–Crippen MR) is 84.6 cm³/mol. The van der Waals surface area contributed by atoms with Gasteiger partial charge >= 0.3 is 12.0 Å². The van der Waals surface area contributed by atoms with Crippen LogP contribution in [0.5, 0.6) is 0 Å². The molecule has 0 spiro atoms. The average molecular weight is 314 g/mol. The third-order valence-corrected chi connectivity index (χ3v) is 3.55. The summed E-state index contributed by atoms with van der Waals surface area (Å²) < 4.78 is 10.8. The Hall–Kier alpha value is -1.30. The fourth-order valence-electron chi connectivity index (χ4n) is 2.44. The molecule has 0 aliphatic heterocycles. The number of hydrogen-bond acceptors (Lipinski definition) is 4. The molecule has 22 heavy (non-hydrogen) atoms. The highest BCUT2D eigenvalue weighted by Gasteiger charge is 2.24. The van der Waals surface area contributed by atoms with Gasteiger partial charge in [-0.1, -0.05) is 13.8 Å². The molecule has 0 bridgehead atoms. The van der Waals surface area contributed by atoms with Gasteiger partial charge in [0.1, 0.15) is 6.10 Å². The van der Waals surface area contributed by atoms with Gasteiger partial charge in [0, 0.05) is 19.2 Å². The molecule has 0 aromatic heterocycles. The lowest BCUT2D eigenvalue weighted by atomic mass is 9.93. The summed E-state index contributed by atoms with van der Waals surface area (Å²) in [7, 11) is 0. The zero-order chi connectivity index (χ0) is 16.4. The molecule has 0 aromatic rings. The molecule has 1 aliphatic rings. The van der Waals surface area contributed by atoms with Gasteiger partial charge in [-0.05, 0) is 38.5 Å². The molecule has 0 unspecified atom stereocenters. The number of amides is 2. The maximum atomic E-state index is 11.7. The Morgan fingerprint density at radius 2 is 1.86 bits per heavy atom. The lowest BCUT2D eigenvalue weighted by Gasteiger charge is -2.28. The minimum absolute atomic E-state index is 0.0233. The van der Waals surface area contributed by atoms with Crippen molar-refractivity contribution in [3.8, 4) is 0 Å². The van der Waals surface area contributed by atoms with Crippen LogP contribution in [-0.4, -0.2) is 43.9 Å². The predicted octanol–water partition coefficient (Wildman–Crippen LogP) is 2.22. The molecule has 0 radical (unpaired) electrons. The van der Waals surface area contributed by atoms with Crippen molar-refractivity contribution in [3.63, 3.8) is 0 Å². The van der Waals surface area contributed by atoms with Crippen LogP contribution in [0.25, 0.3) is 0 Å². The number of ether oxygens (including phenoxy) is 2. The molecule has 128 valence electrons. The van der Waals surface area contributed by atoms with E-state index in [1.165, 1.54) is 0 Å². The van der Waals surface area contributed by atoms with Crippen LogP contribution in [0.15, 0.2) is 0 Å². The minimum Gasteiger partial charge on any atom is -0.462 e. The summed E-state index contributed by atoms with van der Waals surface area (Å²) in [6, 6.07) is 0.0566. The molecule has 2 N–H and O–H groups in total. The highest BCUT2D eigenvalue weighted by molar-refractivity contribution is 5.74. The van der Waals surface area contributed by atoms with Crippen molar-refractivity contribution >= 4 is 12.0 Å². The lowest BCUT2D eigenvalue weighted by Crippen LogP contribution is -2.44. The van der Waals surface area contributed by atoms with E-state index < -0.39 is 0 Å². The summed E-state index contributed by atoms with van der Waals surface area (Å²) in [5, 5.41) is 5.66. The molecule has 0 saturated heterocycles. The quantitative estimate of drug-likeness (QED) is 0.532. The number of nitrogens with one attached hydrogen (secondary N) is 2. The first-order valence-electron chi connectivity index (χ1n) is 8.32. The number of hydrogen-bond donors (Lipinski definition) is 2. The smallest absolute Gasteiger partial charge is 0.314 e. The Morgan fingerprint density at radius 1 is 1.18 bits per heavy atom. The summed E-state index contributed by atoms with van der Waals surface area (Å²) in [5.41, 5.74) is 0. The van der Waals surface area contributed by atoms with Gasteiger partial charge in [-0.25, -0.2) is 4.79 Å². The van der Waals surface area contributed by atoms with Gasteiger partial charge in [0.15, 0.2) is 0 Å². The van der Waals surface area contributed by atoms with E-state index in [9.17, 15) is 9.59 Å². The van der Waals surface area contributed by atoms with E-state index >= 15 is 0 Å². The number of rotatable bonds is 8. The molecule has 0 aromatic carbocycles. The zero-order valence-electron chi connectivity index (χ0n) is 14.0. The SMILES string of the molecule is CCNC(=O)NC1CCC(OC(=O)CCOCC(C)C)CC1. The number of esters is 1. The Kier molecular flexibility index (Phi) is 8.89. The summed E-state index contributed by atoms with van der Waals surface area (Å²) in [6.07, 6.45) is 3.58. The van der Waals surface area contributed by atoms with Gasteiger partial charge < -0.3 is 20.1 Å². The van der Waals surface area contributed by atoms with Crippen LogP contribution >= 0.6 is 0 Å².